The number of para-hydroxylation sites is 4. The second-order valence-corrected chi connectivity index (χ2v) is 8.96. The maximum absolute atomic E-state index is 13.7. The topological polar surface area (TPSA) is 34.5 Å². The van der Waals surface area contributed by atoms with Gasteiger partial charge in [-0.05, 0) is 48.9 Å². The van der Waals surface area contributed by atoms with Gasteiger partial charge < -0.3 is 9.30 Å². The summed E-state index contributed by atoms with van der Waals surface area (Å²) in [4.78, 5) is 15.5. The Morgan fingerprint density at radius 1 is 0.806 bits per heavy atom. The highest BCUT2D eigenvalue weighted by Crippen LogP contribution is 2.42. The number of anilines is 2. The standard InChI is InChI=1S/C32H26N2O2/c1-23-11-5-10-18-31(23)36-20-19-33-22-24(26-14-6-8-16-29(26)33)21-28-27-15-7-9-17-30(27)34(32(28)35)25-12-3-2-4-13-25/h2-18,21-22H,19-20H2,1H3/b28-21+. The van der Waals surface area contributed by atoms with Gasteiger partial charge in [0.1, 0.15) is 12.4 Å². The van der Waals surface area contributed by atoms with Crippen LogP contribution < -0.4 is 9.64 Å². The van der Waals surface area contributed by atoms with Crippen LogP contribution in [0.15, 0.2) is 109 Å². The largest absolute Gasteiger partial charge is 0.491 e. The van der Waals surface area contributed by atoms with Crippen molar-refractivity contribution in [1.29, 1.82) is 0 Å². The van der Waals surface area contributed by atoms with E-state index in [9.17, 15) is 4.79 Å². The molecule has 0 bridgehead atoms. The van der Waals surface area contributed by atoms with E-state index in [0.717, 1.165) is 44.7 Å². The molecule has 1 aromatic heterocycles. The number of hydrogen-bond donors (Lipinski definition) is 0. The van der Waals surface area contributed by atoms with Crippen molar-refractivity contribution >= 4 is 39.8 Å². The Bertz CT molecular complexity index is 1600. The van der Waals surface area contributed by atoms with Crippen molar-refractivity contribution in [3.63, 3.8) is 0 Å². The first kappa shape index (κ1) is 21.9. The number of carbonyl (C=O) groups excluding carboxylic acids is 1. The predicted molar refractivity (Wildman–Crippen MR) is 147 cm³/mol. The number of carbonyl (C=O) groups is 1. The van der Waals surface area contributed by atoms with Gasteiger partial charge in [0.15, 0.2) is 0 Å². The first-order valence-electron chi connectivity index (χ1n) is 12.2. The van der Waals surface area contributed by atoms with Crippen LogP contribution in [0.1, 0.15) is 16.7 Å². The molecule has 5 aromatic rings. The molecule has 4 heteroatoms. The molecule has 0 aliphatic carbocycles. The molecule has 1 amide bonds. The summed E-state index contributed by atoms with van der Waals surface area (Å²) in [7, 11) is 0. The maximum Gasteiger partial charge on any atom is 0.263 e. The summed E-state index contributed by atoms with van der Waals surface area (Å²) in [5, 5.41) is 1.12. The van der Waals surface area contributed by atoms with Gasteiger partial charge in [-0.25, -0.2) is 0 Å². The molecule has 6 rings (SSSR count). The second-order valence-electron chi connectivity index (χ2n) is 8.96. The van der Waals surface area contributed by atoms with Crippen LogP contribution >= 0.6 is 0 Å². The Balaban J connectivity index is 1.36. The van der Waals surface area contributed by atoms with E-state index in [2.05, 4.69) is 35.9 Å². The van der Waals surface area contributed by atoms with Crippen molar-refractivity contribution in [1.82, 2.24) is 4.57 Å². The zero-order chi connectivity index (χ0) is 24.5. The predicted octanol–water partition coefficient (Wildman–Crippen LogP) is 7.25. The number of ether oxygens (including phenoxy) is 1. The molecule has 0 spiro atoms. The van der Waals surface area contributed by atoms with Gasteiger partial charge in [0.25, 0.3) is 5.91 Å². The van der Waals surface area contributed by atoms with Crippen molar-refractivity contribution < 1.29 is 9.53 Å². The molecule has 0 N–H and O–H groups in total. The third-order valence-corrected chi connectivity index (χ3v) is 6.69. The number of aryl methyl sites for hydroxylation is 1. The van der Waals surface area contributed by atoms with Gasteiger partial charge in [0.2, 0.25) is 0 Å². The molecule has 0 unspecified atom stereocenters. The number of nitrogens with zero attached hydrogens (tertiary/aromatic N) is 2. The zero-order valence-corrected chi connectivity index (χ0v) is 20.1. The van der Waals surface area contributed by atoms with Crippen LogP contribution in [0.25, 0.3) is 22.6 Å². The molecule has 176 valence electrons. The summed E-state index contributed by atoms with van der Waals surface area (Å²) in [5.74, 6) is 0.896. The monoisotopic (exact) mass is 470 g/mol. The number of fused-ring (bicyclic) bond motifs is 2. The molecular formula is C32H26N2O2. The highest BCUT2D eigenvalue weighted by atomic mass is 16.5. The van der Waals surface area contributed by atoms with Gasteiger partial charge >= 0.3 is 0 Å². The van der Waals surface area contributed by atoms with E-state index >= 15 is 0 Å². The summed E-state index contributed by atoms with van der Waals surface area (Å²) in [6, 6.07) is 34.2. The number of hydrogen-bond acceptors (Lipinski definition) is 2. The first-order valence-corrected chi connectivity index (χ1v) is 12.2. The van der Waals surface area contributed by atoms with Crippen LogP contribution in [0.4, 0.5) is 11.4 Å². The first-order chi connectivity index (χ1) is 17.7. The van der Waals surface area contributed by atoms with Gasteiger partial charge in [-0.15, -0.1) is 0 Å². The Morgan fingerprint density at radius 2 is 1.53 bits per heavy atom. The van der Waals surface area contributed by atoms with Crippen molar-refractivity contribution in [2.24, 2.45) is 0 Å². The summed E-state index contributed by atoms with van der Waals surface area (Å²) < 4.78 is 8.27. The van der Waals surface area contributed by atoms with Crippen LogP contribution in [0.2, 0.25) is 0 Å². The Morgan fingerprint density at radius 3 is 2.39 bits per heavy atom. The number of rotatable bonds is 6. The molecule has 1 aliphatic heterocycles. The highest BCUT2D eigenvalue weighted by molar-refractivity contribution is 6.38. The highest BCUT2D eigenvalue weighted by Gasteiger charge is 2.33. The number of amides is 1. The molecule has 0 saturated heterocycles. The minimum Gasteiger partial charge on any atom is -0.491 e. The van der Waals surface area contributed by atoms with Crippen molar-refractivity contribution in [2.45, 2.75) is 13.5 Å². The van der Waals surface area contributed by atoms with E-state index in [0.29, 0.717) is 18.7 Å². The molecule has 0 fully saturated rings. The fraction of sp³-hybridized carbons (Fsp3) is 0.0938. The van der Waals surface area contributed by atoms with Gasteiger partial charge in [0, 0.05) is 33.9 Å². The lowest BCUT2D eigenvalue weighted by atomic mass is 10.0. The Kier molecular flexibility index (Phi) is 5.62. The zero-order valence-electron chi connectivity index (χ0n) is 20.1. The number of aromatic nitrogens is 1. The molecule has 1 aliphatic rings. The molecule has 4 nitrogen and oxygen atoms in total. The lowest BCUT2D eigenvalue weighted by molar-refractivity contribution is -0.112. The lowest BCUT2D eigenvalue weighted by Gasteiger charge is -2.16. The summed E-state index contributed by atoms with van der Waals surface area (Å²) in [5.41, 5.74) is 6.71. The average molecular weight is 471 g/mol. The average Bonchev–Trinajstić information content (AvgIpc) is 3.40. The summed E-state index contributed by atoms with van der Waals surface area (Å²) >= 11 is 0. The molecule has 2 heterocycles. The molecule has 0 radical (unpaired) electrons. The fourth-order valence-corrected chi connectivity index (χ4v) is 4.92. The van der Waals surface area contributed by atoms with Gasteiger partial charge in [-0.3, -0.25) is 9.69 Å². The molecule has 0 atom stereocenters. The van der Waals surface area contributed by atoms with Crippen molar-refractivity contribution in [3.05, 3.63) is 126 Å². The van der Waals surface area contributed by atoms with Crippen molar-refractivity contribution in [3.8, 4) is 5.75 Å². The Hall–Kier alpha value is -4.57. The number of benzene rings is 4. The van der Waals surface area contributed by atoms with Crippen LogP contribution in [-0.2, 0) is 11.3 Å². The van der Waals surface area contributed by atoms with E-state index in [1.807, 2.05) is 91.0 Å². The second kappa shape index (κ2) is 9.23. The Labute approximate surface area is 210 Å². The lowest BCUT2D eigenvalue weighted by Crippen LogP contribution is -2.20. The minimum absolute atomic E-state index is 0.0119. The van der Waals surface area contributed by atoms with Gasteiger partial charge in [-0.1, -0.05) is 72.8 Å². The minimum atomic E-state index is -0.0119. The maximum atomic E-state index is 13.7. The normalized spacial score (nSPS) is 14.0. The molecule has 36 heavy (non-hydrogen) atoms. The third-order valence-electron chi connectivity index (χ3n) is 6.69. The van der Waals surface area contributed by atoms with Crippen LogP contribution in [0.3, 0.4) is 0 Å². The van der Waals surface area contributed by atoms with E-state index in [-0.39, 0.29) is 5.91 Å². The van der Waals surface area contributed by atoms with Gasteiger partial charge in [-0.2, -0.15) is 0 Å². The SMILES string of the molecule is Cc1ccccc1OCCn1cc(/C=C2/C(=O)N(c3ccccc3)c3ccccc32)c2ccccc21. The molecule has 4 aromatic carbocycles. The van der Waals surface area contributed by atoms with E-state index in [4.69, 9.17) is 4.74 Å². The van der Waals surface area contributed by atoms with Gasteiger partial charge in [0.05, 0.1) is 17.8 Å². The van der Waals surface area contributed by atoms with Crippen LogP contribution in [0.5, 0.6) is 5.75 Å². The van der Waals surface area contributed by atoms with E-state index < -0.39 is 0 Å². The van der Waals surface area contributed by atoms with Crippen molar-refractivity contribution in [2.75, 3.05) is 11.5 Å². The van der Waals surface area contributed by atoms with E-state index in [1.54, 1.807) is 4.90 Å². The van der Waals surface area contributed by atoms with E-state index in [1.165, 1.54) is 0 Å². The summed E-state index contributed by atoms with van der Waals surface area (Å²) in [6.45, 7) is 3.32. The quantitative estimate of drug-likeness (QED) is 0.245. The fourth-order valence-electron chi connectivity index (χ4n) is 4.92. The molecular weight excluding hydrogens is 444 g/mol. The third kappa shape index (κ3) is 3.87. The molecule has 0 saturated carbocycles. The summed E-state index contributed by atoms with van der Waals surface area (Å²) in [6.07, 6.45) is 4.16. The smallest absolute Gasteiger partial charge is 0.263 e. The van der Waals surface area contributed by atoms with Crippen LogP contribution in [-0.4, -0.2) is 17.1 Å². The van der Waals surface area contributed by atoms with Crippen LogP contribution in [0, 0.1) is 6.92 Å².